The Kier molecular flexibility index (Phi) is 14.3. The third kappa shape index (κ3) is 10.8. The molecular weight excluding hydrogens is 358 g/mol. The number of hydrogen-bond donors (Lipinski definition) is 0. The third-order valence-electron chi connectivity index (χ3n) is 5.17. The highest BCUT2D eigenvalue weighted by Gasteiger charge is 2.35. The number of carbonyl (C=O) groups excluding carboxylic acids is 1. The zero-order valence-corrected chi connectivity index (χ0v) is 18.7. The molecule has 3 nitrogen and oxygen atoms in total. The van der Waals surface area contributed by atoms with Gasteiger partial charge in [0, 0.05) is 12.0 Å². The number of quaternary nitrogens is 1. The quantitative estimate of drug-likeness (QED) is 0.213. The second kappa shape index (κ2) is 14.9. The van der Waals surface area contributed by atoms with Crippen LogP contribution in [-0.2, 0) is 16.1 Å². The largest absolute Gasteiger partial charge is 0.462 e. The number of rotatable bonds is 14. The van der Waals surface area contributed by atoms with Crippen LogP contribution in [0.3, 0.4) is 0 Å². The first-order chi connectivity index (χ1) is 12.5. The van der Waals surface area contributed by atoms with Gasteiger partial charge in [0.1, 0.15) is 6.54 Å². The van der Waals surface area contributed by atoms with E-state index in [0.717, 1.165) is 19.4 Å². The minimum Gasteiger partial charge on any atom is -0.462 e. The molecule has 0 aliphatic rings. The topological polar surface area (TPSA) is 26.3 Å². The summed E-state index contributed by atoms with van der Waals surface area (Å²) < 4.78 is 6.05. The van der Waals surface area contributed by atoms with Gasteiger partial charge in [0.15, 0.2) is 6.04 Å². The summed E-state index contributed by atoms with van der Waals surface area (Å²) in [5.74, 6) is -0.0450. The van der Waals surface area contributed by atoms with Gasteiger partial charge in [-0.25, -0.2) is 4.79 Å². The highest BCUT2D eigenvalue weighted by atomic mass is 35.5. The van der Waals surface area contributed by atoms with E-state index in [-0.39, 0.29) is 24.4 Å². The van der Waals surface area contributed by atoms with Gasteiger partial charge in [0.2, 0.25) is 0 Å². The van der Waals surface area contributed by atoms with Crippen LogP contribution in [-0.4, -0.2) is 37.2 Å². The van der Waals surface area contributed by atoms with E-state index in [2.05, 4.69) is 45.3 Å². The Morgan fingerprint density at radius 1 is 0.926 bits per heavy atom. The van der Waals surface area contributed by atoms with E-state index in [1.54, 1.807) is 0 Å². The van der Waals surface area contributed by atoms with Crippen LogP contribution in [0.15, 0.2) is 30.3 Å². The maximum Gasteiger partial charge on any atom is 0.364 e. The molecule has 0 aromatic heterocycles. The highest BCUT2D eigenvalue weighted by molar-refractivity contribution is 5.85. The maximum atomic E-state index is 12.6. The van der Waals surface area contributed by atoms with E-state index in [9.17, 15) is 4.79 Å². The Labute approximate surface area is 173 Å². The standard InChI is InChI=1S/C23H40NO2.ClH/c1-5-7-8-9-10-11-12-16-19-22(23(25)26-6-2)24(3,4)20-21-17-14-13-15-18-21;/h13-15,17-18,22H,5-12,16,19-20H2,1-4H3;1H/q+1;. The normalized spacial score (nSPS) is 12.3. The van der Waals surface area contributed by atoms with Crippen LogP contribution in [0.5, 0.6) is 0 Å². The number of unbranched alkanes of at least 4 members (excludes halogenated alkanes) is 7. The van der Waals surface area contributed by atoms with Crippen molar-refractivity contribution in [1.82, 2.24) is 0 Å². The van der Waals surface area contributed by atoms with E-state index in [1.807, 2.05) is 13.0 Å². The molecule has 156 valence electrons. The molecule has 27 heavy (non-hydrogen) atoms. The van der Waals surface area contributed by atoms with Gasteiger partial charge in [0.25, 0.3) is 0 Å². The number of carbonyl (C=O) groups is 1. The first kappa shape index (κ1) is 25.9. The minimum atomic E-state index is -0.0877. The van der Waals surface area contributed by atoms with E-state index in [0.29, 0.717) is 11.1 Å². The van der Waals surface area contributed by atoms with Crippen LogP contribution < -0.4 is 0 Å². The fourth-order valence-corrected chi connectivity index (χ4v) is 3.63. The molecule has 1 aromatic rings. The van der Waals surface area contributed by atoms with Gasteiger partial charge in [0.05, 0.1) is 20.7 Å². The summed E-state index contributed by atoms with van der Waals surface area (Å²) in [7, 11) is 4.30. The number of hydrogen-bond acceptors (Lipinski definition) is 2. The molecular formula is C23H41ClNO2+. The Hall–Kier alpha value is -1.06. The van der Waals surface area contributed by atoms with Crippen LogP contribution in [0, 0.1) is 0 Å². The van der Waals surface area contributed by atoms with Crippen molar-refractivity contribution in [3.63, 3.8) is 0 Å². The lowest BCUT2D eigenvalue weighted by Gasteiger charge is -2.36. The van der Waals surface area contributed by atoms with Crippen molar-refractivity contribution in [2.45, 2.75) is 84.2 Å². The second-order valence-corrected chi connectivity index (χ2v) is 7.95. The number of halogens is 1. The zero-order valence-electron chi connectivity index (χ0n) is 17.9. The van der Waals surface area contributed by atoms with E-state index >= 15 is 0 Å². The molecule has 1 atom stereocenters. The van der Waals surface area contributed by atoms with Gasteiger partial charge in [-0.3, -0.25) is 0 Å². The fourth-order valence-electron chi connectivity index (χ4n) is 3.63. The molecule has 0 radical (unpaired) electrons. The number of benzene rings is 1. The predicted molar refractivity (Wildman–Crippen MR) is 117 cm³/mol. The lowest BCUT2D eigenvalue weighted by molar-refractivity contribution is -0.920. The Morgan fingerprint density at radius 3 is 2.04 bits per heavy atom. The summed E-state index contributed by atoms with van der Waals surface area (Å²) in [5.41, 5.74) is 1.27. The molecule has 0 amide bonds. The third-order valence-corrected chi connectivity index (χ3v) is 5.17. The van der Waals surface area contributed by atoms with Gasteiger partial charge in [-0.05, 0) is 13.3 Å². The molecule has 1 unspecified atom stereocenters. The molecule has 0 saturated carbocycles. The predicted octanol–water partition coefficient (Wildman–Crippen LogP) is 6.15. The molecule has 0 heterocycles. The van der Waals surface area contributed by atoms with Crippen molar-refractivity contribution >= 4 is 18.4 Å². The molecule has 1 aromatic carbocycles. The molecule has 1 rings (SSSR count). The van der Waals surface area contributed by atoms with Crippen LogP contribution in [0.2, 0.25) is 0 Å². The smallest absolute Gasteiger partial charge is 0.364 e. The average molecular weight is 399 g/mol. The second-order valence-electron chi connectivity index (χ2n) is 7.95. The molecule has 0 aliphatic heterocycles. The van der Waals surface area contributed by atoms with Crippen molar-refractivity contribution in [3.05, 3.63) is 35.9 Å². The summed E-state index contributed by atoms with van der Waals surface area (Å²) in [4.78, 5) is 12.6. The zero-order chi connectivity index (χ0) is 19.3. The average Bonchev–Trinajstić information content (AvgIpc) is 2.60. The lowest BCUT2D eigenvalue weighted by atomic mass is 10.0. The summed E-state index contributed by atoms with van der Waals surface area (Å²) in [5, 5.41) is 0. The summed E-state index contributed by atoms with van der Waals surface area (Å²) in [6, 6.07) is 10.3. The van der Waals surface area contributed by atoms with Gasteiger partial charge < -0.3 is 9.22 Å². The Balaban J connectivity index is 0.00000676. The summed E-state index contributed by atoms with van der Waals surface area (Å²) in [6.45, 7) is 5.45. The van der Waals surface area contributed by atoms with Gasteiger partial charge >= 0.3 is 5.97 Å². The number of ether oxygens (including phenoxy) is 1. The summed E-state index contributed by atoms with van der Waals surface area (Å²) >= 11 is 0. The molecule has 0 bridgehead atoms. The van der Waals surface area contributed by atoms with Gasteiger partial charge in [-0.15, -0.1) is 12.4 Å². The number of likely N-dealkylation sites (N-methyl/N-ethyl adjacent to an activating group) is 1. The first-order valence-electron chi connectivity index (χ1n) is 10.5. The summed E-state index contributed by atoms with van der Waals surface area (Å²) in [6.07, 6.45) is 11.2. The molecule has 0 saturated heterocycles. The van der Waals surface area contributed by atoms with Crippen LogP contribution >= 0.6 is 12.4 Å². The Morgan fingerprint density at radius 2 is 1.48 bits per heavy atom. The van der Waals surface area contributed by atoms with Crippen LogP contribution in [0.1, 0.15) is 77.2 Å². The minimum absolute atomic E-state index is 0. The fraction of sp³-hybridized carbons (Fsp3) is 0.696. The first-order valence-corrected chi connectivity index (χ1v) is 10.5. The number of esters is 1. The molecule has 0 spiro atoms. The van der Waals surface area contributed by atoms with Crippen LogP contribution in [0.4, 0.5) is 0 Å². The molecule has 0 N–H and O–H groups in total. The van der Waals surface area contributed by atoms with Crippen molar-refractivity contribution in [2.24, 2.45) is 0 Å². The SMILES string of the molecule is CCCCCCCCCCC(C(=O)OCC)[N+](C)(C)Cc1ccccc1.Cl. The van der Waals surface area contributed by atoms with E-state index in [4.69, 9.17) is 4.74 Å². The Bertz CT molecular complexity index is 490. The lowest BCUT2D eigenvalue weighted by Crippen LogP contribution is -2.52. The maximum absolute atomic E-state index is 12.6. The van der Waals surface area contributed by atoms with Crippen molar-refractivity contribution in [3.8, 4) is 0 Å². The monoisotopic (exact) mass is 398 g/mol. The molecule has 0 aliphatic carbocycles. The van der Waals surface area contributed by atoms with Crippen LogP contribution in [0.25, 0.3) is 0 Å². The van der Waals surface area contributed by atoms with Crippen molar-refractivity contribution in [1.29, 1.82) is 0 Å². The molecule has 0 fully saturated rings. The molecule has 4 heteroatoms. The van der Waals surface area contributed by atoms with E-state index in [1.165, 1.54) is 50.5 Å². The van der Waals surface area contributed by atoms with Crippen molar-refractivity contribution in [2.75, 3.05) is 20.7 Å². The number of nitrogens with zero attached hydrogens (tertiary/aromatic N) is 1. The highest BCUT2D eigenvalue weighted by Crippen LogP contribution is 2.21. The van der Waals surface area contributed by atoms with E-state index < -0.39 is 0 Å². The van der Waals surface area contributed by atoms with Crippen molar-refractivity contribution < 1.29 is 14.0 Å². The van der Waals surface area contributed by atoms with Gasteiger partial charge in [-0.2, -0.15) is 0 Å². The van der Waals surface area contributed by atoms with Gasteiger partial charge in [-0.1, -0.05) is 82.2 Å².